The predicted molar refractivity (Wildman–Crippen MR) is 76.1 cm³/mol. The first kappa shape index (κ1) is 14.8. The van der Waals surface area contributed by atoms with Gasteiger partial charge in [0.05, 0.1) is 12.6 Å². The molecule has 0 aromatic carbocycles. The van der Waals surface area contributed by atoms with E-state index in [1.54, 1.807) is 0 Å². The summed E-state index contributed by atoms with van der Waals surface area (Å²) in [5.74, 6) is 0.292. The van der Waals surface area contributed by atoms with Crippen LogP contribution in [-0.2, 0) is 9.53 Å². The van der Waals surface area contributed by atoms with Crippen molar-refractivity contribution in [3.63, 3.8) is 0 Å². The van der Waals surface area contributed by atoms with Crippen molar-refractivity contribution in [3.05, 3.63) is 0 Å². The molecule has 1 unspecified atom stereocenters. The van der Waals surface area contributed by atoms with Crippen molar-refractivity contribution in [1.29, 1.82) is 0 Å². The summed E-state index contributed by atoms with van der Waals surface area (Å²) in [5.41, 5.74) is 0. The first-order valence-electron chi connectivity index (χ1n) is 7.83. The summed E-state index contributed by atoms with van der Waals surface area (Å²) in [5, 5.41) is 0. The second kappa shape index (κ2) is 7.85. The van der Waals surface area contributed by atoms with Crippen molar-refractivity contribution in [3.8, 4) is 0 Å². The molecule has 2 saturated heterocycles. The SMILES string of the molecule is CN(CC(=O)N1CCCCCC1)CC1CCCCO1. The van der Waals surface area contributed by atoms with Gasteiger partial charge in [-0.15, -0.1) is 0 Å². The van der Waals surface area contributed by atoms with Crippen LogP contribution in [0, 0.1) is 0 Å². The van der Waals surface area contributed by atoms with E-state index in [4.69, 9.17) is 4.74 Å². The number of ether oxygens (including phenoxy) is 1. The molecule has 2 heterocycles. The lowest BCUT2D eigenvalue weighted by Gasteiger charge is -2.29. The Morgan fingerprint density at radius 2 is 1.89 bits per heavy atom. The molecule has 0 bridgehead atoms. The molecule has 0 N–H and O–H groups in total. The molecule has 0 aliphatic carbocycles. The van der Waals surface area contributed by atoms with Crippen molar-refractivity contribution < 1.29 is 9.53 Å². The first-order valence-corrected chi connectivity index (χ1v) is 7.83. The van der Waals surface area contributed by atoms with Crippen LogP contribution in [0.5, 0.6) is 0 Å². The number of likely N-dealkylation sites (N-methyl/N-ethyl adjacent to an activating group) is 1. The molecule has 2 aliphatic heterocycles. The molecule has 0 aromatic heterocycles. The van der Waals surface area contributed by atoms with Crippen LogP contribution < -0.4 is 0 Å². The molecule has 0 saturated carbocycles. The smallest absolute Gasteiger partial charge is 0.236 e. The molecule has 0 radical (unpaired) electrons. The van der Waals surface area contributed by atoms with E-state index in [0.29, 0.717) is 18.6 Å². The van der Waals surface area contributed by atoms with Gasteiger partial charge in [-0.3, -0.25) is 9.69 Å². The molecule has 110 valence electrons. The number of hydrogen-bond acceptors (Lipinski definition) is 3. The van der Waals surface area contributed by atoms with Crippen molar-refractivity contribution in [2.24, 2.45) is 0 Å². The van der Waals surface area contributed by atoms with Crippen LogP contribution in [-0.4, -0.2) is 61.6 Å². The number of hydrogen-bond donors (Lipinski definition) is 0. The Morgan fingerprint density at radius 3 is 2.53 bits per heavy atom. The monoisotopic (exact) mass is 268 g/mol. The fourth-order valence-electron chi connectivity index (χ4n) is 3.01. The molecule has 1 amide bonds. The van der Waals surface area contributed by atoms with Crippen LogP contribution in [0.4, 0.5) is 0 Å². The number of carbonyl (C=O) groups excluding carboxylic acids is 1. The van der Waals surface area contributed by atoms with Gasteiger partial charge in [-0.05, 0) is 39.2 Å². The van der Waals surface area contributed by atoms with E-state index in [2.05, 4.69) is 4.90 Å². The van der Waals surface area contributed by atoms with E-state index in [1.165, 1.54) is 38.5 Å². The lowest BCUT2D eigenvalue weighted by atomic mass is 10.1. The van der Waals surface area contributed by atoms with Crippen molar-refractivity contribution in [2.45, 2.75) is 51.0 Å². The van der Waals surface area contributed by atoms with Crippen LogP contribution in [0.3, 0.4) is 0 Å². The third-order valence-electron chi connectivity index (χ3n) is 4.15. The van der Waals surface area contributed by atoms with Gasteiger partial charge in [0.15, 0.2) is 0 Å². The summed E-state index contributed by atoms with van der Waals surface area (Å²) >= 11 is 0. The Labute approximate surface area is 117 Å². The number of amides is 1. The van der Waals surface area contributed by atoms with Crippen LogP contribution >= 0.6 is 0 Å². The van der Waals surface area contributed by atoms with E-state index in [0.717, 1.165) is 32.7 Å². The molecule has 19 heavy (non-hydrogen) atoms. The lowest BCUT2D eigenvalue weighted by molar-refractivity contribution is -0.132. The molecular weight excluding hydrogens is 240 g/mol. The van der Waals surface area contributed by atoms with Crippen LogP contribution in [0.1, 0.15) is 44.9 Å². The Hall–Kier alpha value is -0.610. The number of nitrogens with zero attached hydrogens (tertiary/aromatic N) is 2. The minimum Gasteiger partial charge on any atom is -0.377 e. The molecule has 2 aliphatic rings. The van der Waals surface area contributed by atoms with Crippen molar-refractivity contribution in [2.75, 3.05) is 39.8 Å². The summed E-state index contributed by atoms with van der Waals surface area (Å²) in [6, 6.07) is 0. The van der Waals surface area contributed by atoms with E-state index >= 15 is 0 Å². The summed E-state index contributed by atoms with van der Waals surface area (Å²) in [4.78, 5) is 16.4. The average molecular weight is 268 g/mol. The van der Waals surface area contributed by atoms with Gasteiger partial charge in [0.2, 0.25) is 5.91 Å². The Balaban J connectivity index is 1.70. The van der Waals surface area contributed by atoms with Crippen LogP contribution in [0.2, 0.25) is 0 Å². The van der Waals surface area contributed by atoms with Gasteiger partial charge in [0.1, 0.15) is 0 Å². The quantitative estimate of drug-likeness (QED) is 0.780. The summed E-state index contributed by atoms with van der Waals surface area (Å²) < 4.78 is 5.73. The second-order valence-electron chi connectivity index (χ2n) is 5.98. The normalized spacial score (nSPS) is 25.4. The van der Waals surface area contributed by atoms with E-state index in [1.807, 2.05) is 11.9 Å². The lowest BCUT2D eigenvalue weighted by Crippen LogP contribution is -2.42. The third-order valence-corrected chi connectivity index (χ3v) is 4.15. The van der Waals surface area contributed by atoms with Crippen molar-refractivity contribution >= 4 is 5.91 Å². The maximum Gasteiger partial charge on any atom is 0.236 e. The number of carbonyl (C=O) groups is 1. The van der Waals surface area contributed by atoms with Crippen molar-refractivity contribution in [1.82, 2.24) is 9.80 Å². The fraction of sp³-hybridized carbons (Fsp3) is 0.933. The standard InChI is InChI=1S/C15H28N2O2/c1-16(12-14-8-4-7-11-19-14)13-15(18)17-9-5-2-3-6-10-17/h14H,2-13H2,1H3. The molecule has 4 heteroatoms. The third kappa shape index (κ3) is 5.11. The van der Waals surface area contributed by atoms with Crippen LogP contribution in [0.25, 0.3) is 0 Å². The zero-order valence-electron chi connectivity index (χ0n) is 12.3. The highest BCUT2D eigenvalue weighted by Crippen LogP contribution is 2.14. The predicted octanol–water partition coefficient (Wildman–Crippen LogP) is 1.89. The fourth-order valence-corrected chi connectivity index (χ4v) is 3.01. The first-order chi connectivity index (χ1) is 9.25. The van der Waals surface area contributed by atoms with Gasteiger partial charge in [0, 0.05) is 26.2 Å². The minimum atomic E-state index is 0.292. The van der Waals surface area contributed by atoms with E-state index in [9.17, 15) is 4.79 Å². The highest BCUT2D eigenvalue weighted by molar-refractivity contribution is 5.78. The van der Waals surface area contributed by atoms with Gasteiger partial charge >= 0.3 is 0 Å². The maximum absolute atomic E-state index is 12.2. The van der Waals surface area contributed by atoms with Gasteiger partial charge in [-0.1, -0.05) is 12.8 Å². The van der Waals surface area contributed by atoms with Gasteiger partial charge in [-0.2, -0.15) is 0 Å². The largest absolute Gasteiger partial charge is 0.377 e. The number of likely N-dealkylation sites (tertiary alicyclic amines) is 1. The van der Waals surface area contributed by atoms with E-state index < -0.39 is 0 Å². The Bertz CT molecular complexity index is 269. The topological polar surface area (TPSA) is 32.8 Å². The number of rotatable bonds is 4. The average Bonchev–Trinajstić information content (AvgIpc) is 2.68. The Morgan fingerprint density at radius 1 is 1.16 bits per heavy atom. The highest BCUT2D eigenvalue weighted by atomic mass is 16.5. The maximum atomic E-state index is 12.2. The Kier molecular flexibility index (Phi) is 6.11. The molecule has 2 fully saturated rings. The van der Waals surface area contributed by atoms with Gasteiger partial charge in [-0.25, -0.2) is 0 Å². The molecule has 0 spiro atoms. The molecule has 0 aromatic rings. The summed E-state index contributed by atoms with van der Waals surface area (Å²) in [7, 11) is 2.04. The second-order valence-corrected chi connectivity index (χ2v) is 5.98. The van der Waals surface area contributed by atoms with E-state index in [-0.39, 0.29) is 0 Å². The molecule has 4 nitrogen and oxygen atoms in total. The molecular formula is C15H28N2O2. The summed E-state index contributed by atoms with van der Waals surface area (Å²) in [6.07, 6.45) is 8.80. The van der Waals surface area contributed by atoms with Crippen LogP contribution in [0.15, 0.2) is 0 Å². The zero-order chi connectivity index (χ0) is 13.5. The zero-order valence-corrected chi connectivity index (χ0v) is 12.3. The molecule has 2 rings (SSSR count). The van der Waals surface area contributed by atoms with Gasteiger partial charge in [0.25, 0.3) is 0 Å². The minimum absolute atomic E-state index is 0.292. The highest BCUT2D eigenvalue weighted by Gasteiger charge is 2.20. The summed E-state index contributed by atoms with van der Waals surface area (Å²) in [6.45, 7) is 4.22. The van der Waals surface area contributed by atoms with Gasteiger partial charge < -0.3 is 9.64 Å². The molecule has 1 atom stereocenters.